The van der Waals surface area contributed by atoms with Crippen LogP contribution in [-0.2, 0) is 6.42 Å². The average molecular weight is 382 g/mol. The Balaban J connectivity index is 1.42. The smallest absolute Gasteiger partial charge is 0.122 e. The molecule has 3 aromatic rings. The van der Waals surface area contributed by atoms with Gasteiger partial charge in [-0.15, -0.1) is 0 Å². The van der Waals surface area contributed by atoms with Gasteiger partial charge in [0.2, 0.25) is 0 Å². The summed E-state index contributed by atoms with van der Waals surface area (Å²) in [5.74, 6) is 1.73. The van der Waals surface area contributed by atoms with Crippen LogP contribution in [0.25, 0.3) is 0 Å². The molecule has 1 N–H and O–H groups in total. The van der Waals surface area contributed by atoms with E-state index in [1.807, 2.05) is 67.6 Å². The number of rotatable bonds is 9. The molecule has 0 unspecified atom stereocenters. The monoisotopic (exact) mass is 381 g/mol. The molecule has 0 atom stereocenters. The Bertz CT molecular complexity index is 852. The Morgan fingerprint density at radius 3 is 2.52 bits per heavy atom. The third kappa shape index (κ3) is 6.22. The summed E-state index contributed by atoms with van der Waals surface area (Å²) < 4.78 is 11.7. The molecule has 0 saturated heterocycles. The van der Waals surface area contributed by atoms with Crippen molar-refractivity contribution in [2.24, 2.45) is 0 Å². The molecule has 0 fully saturated rings. The van der Waals surface area contributed by atoms with E-state index in [0.717, 1.165) is 34.2 Å². The van der Waals surface area contributed by atoms with Crippen LogP contribution in [0, 0.1) is 6.92 Å². The molecule has 0 aliphatic heterocycles. The fourth-order valence-electron chi connectivity index (χ4n) is 2.76. The van der Waals surface area contributed by atoms with Crippen molar-refractivity contribution >= 4 is 17.3 Å². The van der Waals surface area contributed by atoms with Crippen molar-refractivity contribution in [1.29, 1.82) is 0 Å². The molecule has 0 heterocycles. The van der Waals surface area contributed by atoms with Gasteiger partial charge in [0, 0.05) is 29.7 Å². The summed E-state index contributed by atoms with van der Waals surface area (Å²) in [5, 5.41) is 4.09. The molecule has 4 heteroatoms. The summed E-state index contributed by atoms with van der Waals surface area (Å²) in [7, 11) is 0. The minimum atomic E-state index is 0.571. The molecule has 0 bridgehead atoms. The first-order valence-electron chi connectivity index (χ1n) is 9.10. The van der Waals surface area contributed by atoms with E-state index in [0.29, 0.717) is 19.8 Å². The van der Waals surface area contributed by atoms with Crippen molar-refractivity contribution in [3.05, 3.63) is 88.9 Å². The first-order chi connectivity index (χ1) is 13.2. The number of benzene rings is 3. The van der Waals surface area contributed by atoms with Gasteiger partial charge in [-0.1, -0.05) is 48.0 Å². The third-order valence-corrected chi connectivity index (χ3v) is 4.40. The minimum absolute atomic E-state index is 0.571. The second-order valence-corrected chi connectivity index (χ2v) is 6.73. The molecular weight excluding hydrogens is 358 g/mol. The van der Waals surface area contributed by atoms with Crippen molar-refractivity contribution in [1.82, 2.24) is 0 Å². The van der Waals surface area contributed by atoms with Gasteiger partial charge < -0.3 is 14.8 Å². The van der Waals surface area contributed by atoms with Crippen molar-refractivity contribution in [2.75, 3.05) is 25.1 Å². The molecule has 0 saturated carbocycles. The summed E-state index contributed by atoms with van der Waals surface area (Å²) in [6.07, 6.45) is 0.896. The molecule has 3 aromatic carbocycles. The van der Waals surface area contributed by atoms with Crippen molar-refractivity contribution in [3.8, 4) is 11.5 Å². The maximum atomic E-state index is 5.96. The highest BCUT2D eigenvalue weighted by Crippen LogP contribution is 2.22. The summed E-state index contributed by atoms with van der Waals surface area (Å²) in [6, 6.07) is 24.0. The van der Waals surface area contributed by atoms with E-state index in [4.69, 9.17) is 21.1 Å². The van der Waals surface area contributed by atoms with E-state index >= 15 is 0 Å². The van der Waals surface area contributed by atoms with Gasteiger partial charge in [-0.25, -0.2) is 0 Å². The van der Waals surface area contributed by atoms with E-state index in [2.05, 4.69) is 17.4 Å². The van der Waals surface area contributed by atoms with E-state index in [9.17, 15) is 0 Å². The minimum Gasteiger partial charge on any atom is -0.493 e. The second-order valence-electron chi connectivity index (χ2n) is 6.30. The lowest BCUT2D eigenvalue weighted by molar-refractivity contribution is 0.321. The molecule has 0 aliphatic carbocycles. The Morgan fingerprint density at radius 2 is 1.70 bits per heavy atom. The number of nitrogens with one attached hydrogen (secondary N) is 1. The molecule has 0 aliphatic rings. The molecule has 3 nitrogen and oxygen atoms in total. The lowest BCUT2D eigenvalue weighted by atomic mass is 10.2. The summed E-state index contributed by atoms with van der Waals surface area (Å²) in [5.41, 5.74) is 3.33. The lowest BCUT2D eigenvalue weighted by Gasteiger charge is -2.12. The van der Waals surface area contributed by atoms with Gasteiger partial charge in [-0.2, -0.15) is 0 Å². The first-order valence-corrected chi connectivity index (χ1v) is 9.48. The zero-order valence-corrected chi connectivity index (χ0v) is 16.2. The van der Waals surface area contributed by atoms with Crippen LogP contribution in [0.3, 0.4) is 0 Å². The zero-order chi connectivity index (χ0) is 18.9. The van der Waals surface area contributed by atoms with Gasteiger partial charge in [0.25, 0.3) is 0 Å². The highest BCUT2D eigenvalue weighted by atomic mass is 35.5. The number of hydrogen-bond donors (Lipinski definition) is 1. The third-order valence-electron chi connectivity index (χ3n) is 4.16. The van der Waals surface area contributed by atoms with Gasteiger partial charge in [-0.05, 0) is 48.4 Å². The van der Waals surface area contributed by atoms with Crippen molar-refractivity contribution in [2.45, 2.75) is 13.3 Å². The van der Waals surface area contributed by atoms with Crippen LogP contribution in [0.2, 0.25) is 5.02 Å². The van der Waals surface area contributed by atoms with Crippen molar-refractivity contribution < 1.29 is 9.47 Å². The Morgan fingerprint density at radius 1 is 0.852 bits per heavy atom. The maximum Gasteiger partial charge on any atom is 0.122 e. The second kappa shape index (κ2) is 9.89. The van der Waals surface area contributed by atoms with Crippen LogP contribution in [0.15, 0.2) is 72.8 Å². The van der Waals surface area contributed by atoms with Crippen LogP contribution in [0.5, 0.6) is 11.5 Å². The van der Waals surface area contributed by atoms with E-state index in [1.165, 1.54) is 5.56 Å². The highest BCUT2D eigenvalue weighted by Gasteiger charge is 2.01. The van der Waals surface area contributed by atoms with Crippen LogP contribution >= 0.6 is 11.6 Å². The number of anilines is 1. The molecule has 0 radical (unpaired) electrons. The summed E-state index contributed by atoms with van der Waals surface area (Å²) >= 11 is 5.96. The van der Waals surface area contributed by atoms with Gasteiger partial charge in [0.05, 0.1) is 6.61 Å². The van der Waals surface area contributed by atoms with Crippen LogP contribution < -0.4 is 14.8 Å². The molecule has 0 amide bonds. The summed E-state index contributed by atoms with van der Waals surface area (Å²) in [6.45, 7) is 3.93. The van der Waals surface area contributed by atoms with Gasteiger partial charge in [-0.3, -0.25) is 0 Å². The lowest BCUT2D eigenvalue weighted by Crippen LogP contribution is -2.12. The molecule has 3 rings (SSSR count). The highest BCUT2D eigenvalue weighted by molar-refractivity contribution is 6.30. The van der Waals surface area contributed by atoms with E-state index < -0.39 is 0 Å². The normalized spacial score (nSPS) is 10.4. The van der Waals surface area contributed by atoms with E-state index in [-0.39, 0.29) is 0 Å². The SMILES string of the molecule is Cc1cc(Cl)ccc1OCCNc1cccc(OCCc2ccccc2)c1. The molecule has 0 aromatic heterocycles. The molecule has 0 spiro atoms. The largest absolute Gasteiger partial charge is 0.493 e. The topological polar surface area (TPSA) is 30.5 Å². The molecule has 140 valence electrons. The van der Waals surface area contributed by atoms with E-state index in [1.54, 1.807) is 0 Å². The van der Waals surface area contributed by atoms with Crippen LogP contribution in [-0.4, -0.2) is 19.8 Å². The zero-order valence-electron chi connectivity index (χ0n) is 15.5. The standard InChI is InChI=1S/C23H24ClNO2/c1-18-16-20(24)10-11-23(18)27-15-13-25-21-8-5-9-22(17-21)26-14-12-19-6-3-2-4-7-19/h2-11,16-17,25H,12-15H2,1H3. The number of aryl methyl sites for hydroxylation is 1. The summed E-state index contributed by atoms with van der Waals surface area (Å²) in [4.78, 5) is 0. The van der Waals surface area contributed by atoms with Crippen molar-refractivity contribution in [3.63, 3.8) is 0 Å². The fourth-order valence-corrected chi connectivity index (χ4v) is 2.99. The Kier molecular flexibility index (Phi) is 7.00. The predicted molar refractivity (Wildman–Crippen MR) is 112 cm³/mol. The Hall–Kier alpha value is -2.65. The molecule has 27 heavy (non-hydrogen) atoms. The number of halogens is 1. The average Bonchev–Trinajstić information content (AvgIpc) is 2.68. The van der Waals surface area contributed by atoms with Gasteiger partial charge in [0.15, 0.2) is 0 Å². The van der Waals surface area contributed by atoms with Gasteiger partial charge >= 0.3 is 0 Å². The van der Waals surface area contributed by atoms with Crippen LogP contribution in [0.4, 0.5) is 5.69 Å². The number of hydrogen-bond acceptors (Lipinski definition) is 3. The van der Waals surface area contributed by atoms with Gasteiger partial charge in [0.1, 0.15) is 18.1 Å². The first kappa shape index (κ1) is 19.1. The number of ether oxygens (including phenoxy) is 2. The Labute approximate surface area is 165 Å². The molecular formula is C23H24ClNO2. The fraction of sp³-hybridized carbons (Fsp3) is 0.217. The maximum absolute atomic E-state index is 5.96. The quantitative estimate of drug-likeness (QED) is 0.478. The van der Waals surface area contributed by atoms with Crippen LogP contribution in [0.1, 0.15) is 11.1 Å². The predicted octanol–water partition coefficient (Wildman–Crippen LogP) is 5.76.